The van der Waals surface area contributed by atoms with E-state index >= 15 is 0 Å². The van der Waals surface area contributed by atoms with E-state index in [4.69, 9.17) is 0 Å². The van der Waals surface area contributed by atoms with Crippen LogP contribution >= 0.6 is 0 Å². The Kier molecular flexibility index (Phi) is 4.13. The molecule has 10 heteroatoms. The second-order valence-corrected chi connectivity index (χ2v) is 6.34. The first kappa shape index (κ1) is 18.1. The summed E-state index contributed by atoms with van der Waals surface area (Å²) in [6.45, 7) is 3.38. The van der Waals surface area contributed by atoms with Crippen molar-refractivity contribution in [2.45, 2.75) is 12.2 Å². The summed E-state index contributed by atoms with van der Waals surface area (Å²) in [6.07, 6.45) is -3.04. The standard InChI is InChI=1S/C18H13F4N5O/c1-10(19)17(28)26-8-11(9-26)27-16-12(4-3-7-23-16)15(25-27)13-5-2-6-14(24-13)18(20,21)22/h2-7,11H,1,8-9H2. The highest BCUT2D eigenvalue weighted by Crippen LogP contribution is 2.33. The molecule has 1 saturated heterocycles. The molecular weight excluding hydrogens is 378 g/mol. The number of fused-ring (bicyclic) bond motifs is 1. The summed E-state index contributed by atoms with van der Waals surface area (Å²) in [5.74, 6) is -1.84. The maximum absolute atomic E-state index is 13.0. The molecule has 1 aliphatic heterocycles. The van der Waals surface area contributed by atoms with Gasteiger partial charge < -0.3 is 4.90 Å². The molecule has 1 fully saturated rings. The maximum Gasteiger partial charge on any atom is 0.433 e. The quantitative estimate of drug-likeness (QED) is 0.507. The van der Waals surface area contributed by atoms with E-state index in [2.05, 4.69) is 21.6 Å². The molecule has 0 spiro atoms. The number of alkyl halides is 3. The molecule has 0 aromatic carbocycles. The Balaban J connectivity index is 1.73. The Bertz CT molecular complexity index is 1090. The van der Waals surface area contributed by atoms with Crippen molar-refractivity contribution in [3.8, 4) is 11.4 Å². The summed E-state index contributed by atoms with van der Waals surface area (Å²) in [6, 6.07) is 6.66. The zero-order valence-corrected chi connectivity index (χ0v) is 14.3. The molecule has 4 heterocycles. The van der Waals surface area contributed by atoms with Crippen molar-refractivity contribution in [2.24, 2.45) is 0 Å². The average Bonchev–Trinajstić information content (AvgIpc) is 2.99. The predicted octanol–water partition coefficient (Wildman–Crippen LogP) is 3.38. The largest absolute Gasteiger partial charge is 0.433 e. The van der Waals surface area contributed by atoms with E-state index in [1.165, 1.54) is 27.9 Å². The molecule has 0 bridgehead atoms. The average molecular weight is 391 g/mol. The highest BCUT2D eigenvalue weighted by molar-refractivity contribution is 5.92. The fourth-order valence-corrected chi connectivity index (χ4v) is 3.09. The smallest absolute Gasteiger partial charge is 0.332 e. The van der Waals surface area contributed by atoms with Crippen molar-refractivity contribution in [3.63, 3.8) is 0 Å². The van der Waals surface area contributed by atoms with Crippen molar-refractivity contribution in [3.05, 3.63) is 54.6 Å². The van der Waals surface area contributed by atoms with Crippen LogP contribution in [0.5, 0.6) is 0 Å². The van der Waals surface area contributed by atoms with Crippen LogP contribution in [0.4, 0.5) is 17.6 Å². The Morgan fingerprint density at radius 3 is 2.61 bits per heavy atom. The molecule has 28 heavy (non-hydrogen) atoms. The van der Waals surface area contributed by atoms with Crippen molar-refractivity contribution >= 4 is 16.9 Å². The van der Waals surface area contributed by atoms with Gasteiger partial charge in [-0.15, -0.1) is 0 Å². The normalized spacial score (nSPS) is 14.9. The van der Waals surface area contributed by atoms with Gasteiger partial charge in [-0.3, -0.25) is 4.79 Å². The number of hydrogen-bond donors (Lipinski definition) is 0. The predicted molar refractivity (Wildman–Crippen MR) is 91.6 cm³/mol. The molecule has 0 radical (unpaired) electrons. The zero-order valence-electron chi connectivity index (χ0n) is 14.3. The van der Waals surface area contributed by atoms with Gasteiger partial charge in [-0.1, -0.05) is 12.6 Å². The van der Waals surface area contributed by atoms with Gasteiger partial charge in [0.2, 0.25) is 0 Å². The van der Waals surface area contributed by atoms with Crippen molar-refractivity contribution in [2.75, 3.05) is 13.1 Å². The van der Waals surface area contributed by atoms with Crippen LogP contribution in [-0.2, 0) is 11.0 Å². The SMILES string of the molecule is C=C(F)C(=O)N1CC(n2nc(-c3cccc(C(F)(F)F)n3)c3cccnc32)C1. The van der Waals surface area contributed by atoms with Gasteiger partial charge in [-0.2, -0.15) is 18.3 Å². The molecule has 6 nitrogen and oxygen atoms in total. The third-order valence-electron chi connectivity index (χ3n) is 4.48. The molecule has 1 amide bonds. The number of nitrogens with zero attached hydrogens (tertiary/aromatic N) is 5. The Hall–Kier alpha value is -3.30. The number of hydrogen-bond acceptors (Lipinski definition) is 4. The molecule has 0 atom stereocenters. The van der Waals surface area contributed by atoms with Crippen molar-refractivity contribution in [1.29, 1.82) is 0 Å². The fourth-order valence-electron chi connectivity index (χ4n) is 3.09. The van der Waals surface area contributed by atoms with Gasteiger partial charge in [-0.25, -0.2) is 19.0 Å². The van der Waals surface area contributed by atoms with Crippen LogP contribution in [0.3, 0.4) is 0 Å². The number of rotatable bonds is 3. The Labute approximate surface area is 156 Å². The summed E-state index contributed by atoms with van der Waals surface area (Å²) in [5, 5.41) is 4.95. The lowest BCUT2D eigenvalue weighted by Gasteiger charge is -2.38. The number of aromatic nitrogens is 4. The monoisotopic (exact) mass is 391 g/mol. The van der Waals surface area contributed by atoms with Gasteiger partial charge in [0.15, 0.2) is 11.5 Å². The van der Waals surface area contributed by atoms with Gasteiger partial charge in [0.25, 0.3) is 5.91 Å². The summed E-state index contributed by atoms with van der Waals surface area (Å²) in [5.41, 5.74) is -0.240. The summed E-state index contributed by atoms with van der Waals surface area (Å²) >= 11 is 0. The molecule has 0 aliphatic carbocycles. The first-order valence-electron chi connectivity index (χ1n) is 8.27. The lowest BCUT2D eigenvalue weighted by Crippen LogP contribution is -2.51. The topological polar surface area (TPSA) is 63.9 Å². The minimum absolute atomic E-state index is 0.0657. The summed E-state index contributed by atoms with van der Waals surface area (Å²) < 4.78 is 53.5. The number of carbonyl (C=O) groups is 1. The van der Waals surface area contributed by atoms with Crippen LogP contribution in [-0.4, -0.2) is 43.6 Å². The molecule has 3 aromatic rings. The minimum atomic E-state index is -4.57. The molecule has 3 aromatic heterocycles. The lowest BCUT2D eigenvalue weighted by atomic mass is 10.1. The Morgan fingerprint density at radius 1 is 1.18 bits per heavy atom. The van der Waals surface area contributed by atoms with E-state index < -0.39 is 23.6 Å². The van der Waals surface area contributed by atoms with E-state index in [1.807, 2.05) is 0 Å². The van der Waals surface area contributed by atoms with E-state index in [-0.39, 0.29) is 30.5 Å². The fraction of sp³-hybridized carbons (Fsp3) is 0.222. The minimum Gasteiger partial charge on any atom is -0.332 e. The van der Waals surface area contributed by atoms with E-state index in [0.717, 1.165) is 6.07 Å². The van der Waals surface area contributed by atoms with Gasteiger partial charge in [-0.05, 0) is 24.3 Å². The van der Waals surface area contributed by atoms with Crippen LogP contribution in [0.1, 0.15) is 11.7 Å². The number of amides is 1. The highest BCUT2D eigenvalue weighted by Gasteiger charge is 2.36. The van der Waals surface area contributed by atoms with E-state index in [9.17, 15) is 22.4 Å². The second kappa shape index (κ2) is 6.39. The van der Waals surface area contributed by atoms with E-state index in [0.29, 0.717) is 11.0 Å². The van der Waals surface area contributed by atoms with E-state index in [1.54, 1.807) is 12.1 Å². The number of halogens is 4. The Morgan fingerprint density at radius 2 is 1.93 bits per heavy atom. The van der Waals surface area contributed by atoms with Crippen LogP contribution in [0, 0.1) is 0 Å². The van der Waals surface area contributed by atoms with Crippen molar-refractivity contribution in [1.82, 2.24) is 24.6 Å². The van der Waals surface area contributed by atoms with Gasteiger partial charge in [0.05, 0.1) is 11.7 Å². The summed E-state index contributed by atoms with van der Waals surface area (Å²) in [7, 11) is 0. The highest BCUT2D eigenvalue weighted by atomic mass is 19.4. The third kappa shape index (κ3) is 3.00. The molecule has 1 aliphatic rings. The molecule has 0 unspecified atom stereocenters. The second-order valence-electron chi connectivity index (χ2n) is 6.34. The summed E-state index contributed by atoms with van der Waals surface area (Å²) in [4.78, 5) is 20.8. The number of pyridine rings is 2. The number of likely N-dealkylation sites (tertiary alicyclic amines) is 1. The van der Waals surface area contributed by atoms with Crippen LogP contribution < -0.4 is 0 Å². The first-order chi connectivity index (χ1) is 13.3. The van der Waals surface area contributed by atoms with Gasteiger partial charge >= 0.3 is 6.18 Å². The third-order valence-corrected chi connectivity index (χ3v) is 4.48. The lowest BCUT2D eigenvalue weighted by molar-refractivity contribution is -0.141. The van der Waals surface area contributed by atoms with Gasteiger partial charge in [0, 0.05) is 24.7 Å². The molecule has 4 rings (SSSR count). The first-order valence-corrected chi connectivity index (χ1v) is 8.27. The maximum atomic E-state index is 13.0. The van der Waals surface area contributed by atoms with Crippen LogP contribution in [0.25, 0.3) is 22.4 Å². The number of carbonyl (C=O) groups excluding carboxylic acids is 1. The van der Waals surface area contributed by atoms with Crippen molar-refractivity contribution < 1.29 is 22.4 Å². The van der Waals surface area contributed by atoms with Gasteiger partial charge in [0.1, 0.15) is 11.4 Å². The molecule has 0 saturated carbocycles. The molecular formula is C18H13F4N5O. The zero-order chi connectivity index (χ0) is 20.1. The van der Waals surface area contributed by atoms with Crippen LogP contribution in [0.2, 0.25) is 0 Å². The molecule has 0 N–H and O–H groups in total. The molecule has 144 valence electrons. The van der Waals surface area contributed by atoms with Crippen LogP contribution in [0.15, 0.2) is 48.9 Å².